The zero-order chi connectivity index (χ0) is 14.6. The predicted molar refractivity (Wildman–Crippen MR) is 75.8 cm³/mol. The molecule has 0 saturated heterocycles. The van der Waals surface area contributed by atoms with Crippen molar-refractivity contribution in [2.24, 2.45) is 0 Å². The van der Waals surface area contributed by atoms with E-state index < -0.39 is 0 Å². The molecular weight excluding hydrogens is 228 g/mol. The molecule has 0 aromatic rings. The van der Waals surface area contributed by atoms with Crippen molar-refractivity contribution in [3.63, 3.8) is 0 Å². The van der Waals surface area contributed by atoms with Gasteiger partial charge in [0.2, 0.25) is 11.8 Å². The van der Waals surface area contributed by atoms with E-state index in [4.69, 9.17) is 0 Å². The van der Waals surface area contributed by atoms with E-state index >= 15 is 0 Å². The summed E-state index contributed by atoms with van der Waals surface area (Å²) in [4.78, 5) is 24.4. The third-order valence-electron chi connectivity index (χ3n) is 2.35. The second-order valence-electron chi connectivity index (χ2n) is 3.79. The largest absolute Gasteiger partial charge is 0.323 e. The molecule has 104 valence electrons. The molecule has 0 saturated carbocycles. The average Bonchev–Trinajstić information content (AvgIpc) is 2.38. The summed E-state index contributed by atoms with van der Waals surface area (Å²) in [6.45, 7) is 13.2. The van der Waals surface area contributed by atoms with Gasteiger partial charge in [0.15, 0.2) is 0 Å². The number of rotatable bonds is 6. The lowest BCUT2D eigenvalue weighted by Gasteiger charge is -2.14. The standard InChI is InChI=1S/C8H15NO.C6H11NO/c1-4-6-7-9(5-2)8(3)10;1-4-6(8)7(3)5-2/h5H,2,4,6-7H2,1,3H3;5H,2,4H2,1,3H3. The van der Waals surface area contributed by atoms with Crippen molar-refractivity contribution in [2.45, 2.75) is 40.0 Å². The van der Waals surface area contributed by atoms with Gasteiger partial charge in [-0.15, -0.1) is 0 Å². The highest BCUT2D eigenvalue weighted by atomic mass is 16.2. The van der Waals surface area contributed by atoms with Crippen molar-refractivity contribution in [3.8, 4) is 0 Å². The van der Waals surface area contributed by atoms with Crippen LogP contribution in [0.2, 0.25) is 0 Å². The van der Waals surface area contributed by atoms with Crippen molar-refractivity contribution in [1.29, 1.82) is 0 Å². The number of unbranched alkanes of at least 4 members (excludes halogenated alkanes) is 1. The molecule has 0 N–H and O–H groups in total. The third-order valence-corrected chi connectivity index (χ3v) is 2.35. The van der Waals surface area contributed by atoms with Crippen LogP contribution in [0.3, 0.4) is 0 Å². The summed E-state index contributed by atoms with van der Waals surface area (Å²) < 4.78 is 0. The smallest absolute Gasteiger partial charge is 0.225 e. The first kappa shape index (κ1) is 18.8. The molecule has 0 aromatic carbocycles. The molecule has 0 heterocycles. The Kier molecular flexibility index (Phi) is 12.4. The van der Waals surface area contributed by atoms with Gasteiger partial charge in [-0.05, 0) is 18.8 Å². The molecule has 0 aromatic heterocycles. The Labute approximate surface area is 111 Å². The molecule has 0 bridgehead atoms. The molecule has 4 nitrogen and oxygen atoms in total. The lowest BCUT2D eigenvalue weighted by atomic mass is 10.3. The predicted octanol–water partition coefficient (Wildman–Crippen LogP) is 2.78. The van der Waals surface area contributed by atoms with Crippen LogP contribution in [-0.2, 0) is 9.59 Å². The number of hydrogen-bond donors (Lipinski definition) is 0. The van der Waals surface area contributed by atoms with E-state index in [1.807, 2.05) is 6.92 Å². The second kappa shape index (κ2) is 11.9. The van der Waals surface area contributed by atoms with Gasteiger partial charge < -0.3 is 9.80 Å². The van der Waals surface area contributed by atoms with E-state index in [-0.39, 0.29) is 11.8 Å². The lowest BCUT2D eigenvalue weighted by Crippen LogP contribution is -2.23. The lowest BCUT2D eigenvalue weighted by molar-refractivity contribution is -0.127. The van der Waals surface area contributed by atoms with E-state index in [1.54, 1.807) is 25.1 Å². The summed E-state index contributed by atoms with van der Waals surface area (Å²) in [7, 11) is 1.69. The van der Waals surface area contributed by atoms with Crippen molar-refractivity contribution in [2.75, 3.05) is 13.6 Å². The first-order chi connectivity index (χ1) is 8.44. The van der Waals surface area contributed by atoms with Gasteiger partial charge in [0, 0.05) is 26.9 Å². The summed E-state index contributed by atoms with van der Waals surface area (Å²) in [6.07, 6.45) is 5.79. The SMILES string of the molecule is C=CN(C)C(=O)CC.C=CN(CCCC)C(C)=O. The minimum Gasteiger partial charge on any atom is -0.323 e. The Morgan fingerprint density at radius 3 is 1.94 bits per heavy atom. The monoisotopic (exact) mass is 254 g/mol. The molecule has 4 heteroatoms. The minimum absolute atomic E-state index is 0.0726. The zero-order valence-corrected chi connectivity index (χ0v) is 12.1. The van der Waals surface area contributed by atoms with E-state index in [0.717, 1.165) is 19.4 Å². The van der Waals surface area contributed by atoms with Crippen LogP contribution in [-0.4, -0.2) is 35.2 Å². The Morgan fingerprint density at radius 2 is 1.72 bits per heavy atom. The Balaban J connectivity index is 0. The Bertz CT molecular complexity index is 275. The summed E-state index contributed by atoms with van der Waals surface area (Å²) in [5, 5.41) is 0. The maximum atomic E-state index is 10.7. The van der Waals surface area contributed by atoms with Crippen LogP contribution in [0.15, 0.2) is 25.6 Å². The van der Waals surface area contributed by atoms with E-state index in [2.05, 4.69) is 20.1 Å². The van der Waals surface area contributed by atoms with E-state index in [0.29, 0.717) is 6.42 Å². The number of amides is 2. The fourth-order valence-corrected chi connectivity index (χ4v) is 1.06. The molecular formula is C14H26N2O2. The first-order valence-electron chi connectivity index (χ1n) is 6.22. The molecule has 0 aliphatic rings. The Hall–Kier alpha value is -1.58. The fraction of sp³-hybridized carbons (Fsp3) is 0.571. The highest BCUT2D eigenvalue weighted by molar-refractivity contribution is 5.76. The van der Waals surface area contributed by atoms with Crippen LogP contribution in [0.5, 0.6) is 0 Å². The number of nitrogens with zero attached hydrogens (tertiary/aromatic N) is 2. The topological polar surface area (TPSA) is 40.6 Å². The van der Waals surface area contributed by atoms with E-state index in [9.17, 15) is 9.59 Å². The number of carbonyl (C=O) groups excluding carboxylic acids is 2. The van der Waals surface area contributed by atoms with Gasteiger partial charge in [-0.2, -0.15) is 0 Å². The van der Waals surface area contributed by atoms with Crippen LogP contribution < -0.4 is 0 Å². The molecule has 0 rings (SSSR count). The fourth-order valence-electron chi connectivity index (χ4n) is 1.06. The van der Waals surface area contributed by atoms with Gasteiger partial charge >= 0.3 is 0 Å². The van der Waals surface area contributed by atoms with Gasteiger partial charge in [-0.25, -0.2) is 0 Å². The summed E-state index contributed by atoms with van der Waals surface area (Å²) in [6, 6.07) is 0. The van der Waals surface area contributed by atoms with Crippen molar-refractivity contribution < 1.29 is 9.59 Å². The van der Waals surface area contributed by atoms with Crippen LogP contribution in [0.1, 0.15) is 40.0 Å². The molecule has 0 aliphatic carbocycles. The zero-order valence-electron chi connectivity index (χ0n) is 12.1. The summed E-state index contributed by atoms with van der Waals surface area (Å²) in [5.41, 5.74) is 0. The van der Waals surface area contributed by atoms with Crippen LogP contribution in [0.4, 0.5) is 0 Å². The molecule has 2 amide bonds. The highest BCUT2D eigenvalue weighted by Gasteiger charge is 2.00. The van der Waals surface area contributed by atoms with Crippen molar-refractivity contribution in [3.05, 3.63) is 25.6 Å². The van der Waals surface area contributed by atoms with Gasteiger partial charge in [-0.3, -0.25) is 9.59 Å². The quantitative estimate of drug-likeness (QED) is 0.731. The molecule has 0 radical (unpaired) electrons. The van der Waals surface area contributed by atoms with Crippen molar-refractivity contribution in [1.82, 2.24) is 9.80 Å². The van der Waals surface area contributed by atoms with Crippen molar-refractivity contribution >= 4 is 11.8 Å². The highest BCUT2D eigenvalue weighted by Crippen LogP contribution is 1.94. The molecule has 0 aliphatic heterocycles. The first-order valence-corrected chi connectivity index (χ1v) is 6.22. The molecule has 0 unspecified atom stereocenters. The molecule has 18 heavy (non-hydrogen) atoms. The molecule has 0 atom stereocenters. The number of carbonyl (C=O) groups is 2. The molecule has 0 spiro atoms. The average molecular weight is 254 g/mol. The van der Waals surface area contributed by atoms with Crippen LogP contribution in [0.25, 0.3) is 0 Å². The normalized spacial score (nSPS) is 8.67. The second-order valence-corrected chi connectivity index (χ2v) is 3.79. The Morgan fingerprint density at radius 1 is 1.17 bits per heavy atom. The third kappa shape index (κ3) is 9.63. The number of hydrogen-bond acceptors (Lipinski definition) is 2. The summed E-state index contributed by atoms with van der Waals surface area (Å²) >= 11 is 0. The molecule has 0 fully saturated rings. The van der Waals surface area contributed by atoms with Gasteiger partial charge in [0.25, 0.3) is 0 Å². The van der Waals surface area contributed by atoms with Crippen LogP contribution in [0, 0.1) is 0 Å². The minimum atomic E-state index is 0.0726. The maximum absolute atomic E-state index is 10.7. The van der Waals surface area contributed by atoms with Gasteiger partial charge in [0.1, 0.15) is 0 Å². The van der Waals surface area contributed by atoms with Gasteiger partial charge in [-0.1, -0.05) is 33.4 Å². The van der Waals surface area contributed by atoms with Gasteiger partial charge in [0.05, 0.1) is 0 Å². The van der Waals surface area contributed by atoms with Crippen LogP contribution >= 0.6 is 0 Å². The van der Waals surface area contributed by atoms with E-state index in [1.165, 1.54) is 11.1 Å². The maximum Gasteiger partial charge on any atom is 0.225 e. The summed E-state index contributed by atoms with van der Waals surface area (Å²) in [5.74, 6) is 0.170.